The van der Waals surface area contributed by atoms with E-state index in [1.54, 1.807) is 6.07 Å². The number of nitrogens with two attached hydrogens (primary N) is 1. The highest BCUT2D eigenvalue weighted by Crippen LogP contribution is 2.41. The third-order valence-electron chi connectivity index (χ3n) is 4.36. The molecule has 1 fully saturated rings. The van der Waals surface area contributed by atoms with E-state index >= 15 is 0 Å². The third kappa shape index (κ3) is 2.94. The summed E-state index contributed by atoms with van der Waals surface area (Å²) in [6, 6.07) is 5.28. The van der Waals surface area contributed by atoms with Gasteiger partial charge in [-0.3, -0.25) is 0 Å². The molecule has 0 spiro atoms. The average Bonchev–Trinajstić information content (AvgIpc) is 2.38. The van der Waals surface area contributed by atoms with Gasteiger partial charge >= 0.3 is 0 Å². The molecule has 0 saturated heterocycles. The minimum Gasteiger partial charge on any atom is -0.330 e. The van der Waals surface area contributed by atoms with Crippen molar-refractivity contribution in [1.29, 1.82) is 0 Å². The van der Waals surface area contributed by atoms with Gasteiger partial charge in [0.2, 0.25) is 0 Å². The lowest BCUT2D eigenvalue weighted by Crippen LogP contribution is -2.36. The highest BCUT2D eigenvalue weighted by Gasteiger charge is 2.33. The first-order valence-corrected chi connectivity index (χ1v) is 7.48. The summed E-state index contributed by atoms with van der Waals surface area (Å²) in [7, 11) is 0. The Morgan fingerprint density at radius 2 is 2.06 bits per heavy atom. The van der Waals surface area contributed by atoms with E-state index in [0.717, 1.165) is 30.7 Å². The Kier molecular flexibility index (Phi) is 4.44. The van der Waals surface area contributed by atoms with E-state index in [1.165, 1.54) is 18.9 Å². The van der Waals surface area contributed by atoms with Gasteiger partial charge in [0.05, 0.1) is 4.47 Å². The normalized spacial score (nSPS) is 28.3. The third-order valence-corrected chi connectivity index (χ3v) is 5.25. The predicted octanol–water partition coefficient (Wildman–Crippen LogP) is 4.29. The summed E-state index contributed by atoms with van der Waals surface area (Å²) in [5.41, 5.74) is 7.23. The molecule has 1 saturated carbocycles. The van der Waals surface area contributed by atoms with Crippen molar-refractivity contribution >= 4 is 15.9 Å². The fourth-order valence-electron chi connectivity index (χ4n) is 2.92. The lowest BCUT2D eigenvalue weighted by Gasteiger charge is -2.39. The standard InChI is InChI=1S/C15H21BrFN/c1-11-5-7-15(10-18,8-6-11)9-12-3-2-4-13(17)14(12)16/h2-4,11H,5-10,18H2,1H3. The Labute approximate surface area is 117 Å². The van der Waals surface area contributed by atoms with Gasteiger partial charge in [-0.1, -0.05) is 31.9 Å². The van der Waals surface area contributed by atoms with Gasteiger partial charge < -0.3 is 5.73 Å². The van der Waals surface area contributed by atoms with Crippen molar-refractivity contribution in [1.82, 2.24) is 0 Å². The van der Waals surface area contributed by atoms with Crippen molar-refractivity contribution in [2.24, 2.45) is 17.1 Å². The highest BCUT2D eigenvalue weighted by molar-refractivity contribution is 9.10. The molecule has 3 heteroatoms. The van der Waals surface area contributed by atoms with E-state index in [2.05, 4.69) is 22.9 Å². The van der Waals surface area contributed by atoms with E-state index in [9.17, 15) is 4.39 Å². The van der Waals surface area contributed by atoms with Crippen LogP contribution in [0.15, 0.2) is 22.7 Å². The molecule has 0 unspecified atom stereocenters. The van der Waals surface area contributed by atoms with Crippen LogP contribution in [0.25, 0.3) is 0 Å². The Hall–Kier alpha value is -0.410. The quantitative estimate of drug-likeness (QED) is 0.885. The van der Waals surface area contributed by atoms with E-state index in [-0.39, 0.29) is 11.2 Å². The predicted molar refractivity (Wildman–Crippen MR) is 76.9 cm³/mol. The van der Waals surface area contributed by atoms with Gasteiger partial charge in [0.1, 0.15) is 5.82 Å². The van der Waals surface area contributed by atoms with Gasteiger partial charge in [-0.05, 0) is 64.7 Å². The number of rotatable bonds is 3. The second-order valence-corrected chi connectivity index (χ2v) is 6.57. The maximum absolute atomic E-state index is 13.5. The molecule has 0 aromatic heterocycles. The Morgan fingerprint density at radius 3 is 2.67 bits per heavy atom. The van der Waals surface area contributed by atoms with Crippen molar-refractivity contribution in [3.63, 3.8) is 0 Å². The molecule has 1 aliphatic rings. The van der Waals surface area contributed by atoms with E-state index in [4.69, 9.17) is 5.73 Å². The molecule has 100 valence electrons. The van der Waals surface area contributed by atoms with Gasteiger partial charge in [0.25, 0.3) is 0 Å². The van der Waals surface area contributed by atoms with Gasteiger partial charge in [0, 0.05) is 0 Å². The van der Waals surface area contributed by atoms with Crippen molar-refractivity contribution in [3.05, 3.63) is 34.1 Å². The molecule has 18 heavy (non-hydrogen) atoms. The molecule has 2 rings (SSSR count). The number of halogens is 2. The minimum absolute atomic E-state index is 0.169. The van der Waals surface area contributed by atoms with Crippen LogP contribution < -0.4 is 5.73 Å². The molecule has 1 aliphatic carbocycles. The van der Waals surface area contributed by atoms with Gasteiger partial charge in [0.15, 0.2) is 0 Å². The summed E-state index contributed by atoms with van der Waals surface area (Å²) in [6.45, 7) is 3.00. The van der Waals surface area contributed by atoms with Gasteiger partial charge in [-0.15, -0.1) is 0 Å². The number of benzene rings is 1. The Balaban J connectivity index is 2.17. The summed E-state index contributed by atoms with van der Waals surface area (Å²) in [6.07, 6.45) is 5.68. The fourth-order valence-corrected chi connectivity index (χ4v) is 3.32. The zero-order valence-electron chi connectivity index (χ0n) is 10.9. The summed E-state index contributed by atoms with van der Waals surface area (Å²) in [5, 5.41) is 0. The summed E-state index contributed by atoms with van der Waals surface area (Å²) in [5.74, 6) is 0.629. The molecule has 0 atom stereocenters. The molecule has 0 heterocycles. The van der Waals surface area contributed by atoms with E-state index < -0.39 is 0 Å². The Morgan fingerprint density at radius 1 is 1.39 bits per heavy atom. The van der Waals surface area contributed by atoms with Crippen LogP contribution in [-0.2, 0) is 6.42 Å². The number of hydrogen-bond donors (Lipinski definition) is 1. The fraction of sp³-hybridized carbons (Fsp3) is 0.600. The highest BCUT2D eigenvalue weighted by atomic mass is 79.9. The second-order valence-electron chi connectivity index (χ2n) is 5.78. The molecule has 0 aliphatic heterocycles. The van der Waals surface area contributed by atoms with Crippen LogP contribution in [0.3, 0.4) is 0 Å². The van der Waals surface area contributed by atoms with Crippen LogP contribution >= 0.6 is 15.9 Å². The zero-order chi connectivity index (χ0) is 13.2. The zero-order valence-corrected chi connectivity index (χ0v) is 12.5. The van der Waals surface area contributed by atoms with Crippen molar-refractivity contribution in [3.8, 4) is 0 Å². The van der Waals surface area contributed by atoms with Gasteiger partial charge in [-0.25, -0.2) is 4.39 Å². The molecule has 1 aromatic carbocycles. The molecule has 1 aromatic rings. The largest absolute Gasteiger partial charge is 0.330 e. The van der Waals surface area contributed by atoms with Crippen molar-refractivity contribution in [2.75, 3.05) is 6.54 Å². The molecular weight excluding hydrogens is 293 g/mol. The number of hydrogen-bond acceptors (Lipinski definition) is 1. The molecule has 0 amide bonds. The topological polar surface area (TPSA) is 26.0 Å². The van der Waals surface area contributed by atoms with Crippen molar-refractivity contribution < 1.29 is 4.39 Å². The summed E-state index contributed by atoms with van der Waals surface area (Å²) < 4.78 is 14.2. The monoisotopic (exact) mass is 313 g/mol. The molecule has 2 N–H and O–H groups in total. The van der Waals surface area contributed by atoms with Crippen LogP contribution in [0.4, 0.5) is 4.39 Å². The van der Waals surface area contributed by atoms with Crippen LogP contribution in [0.1, 0.15) is 38.2 Å². The van der Waals surface area contributed by atoms with Gasteiger partial charge in [-0.2, -0.15) is 0 Å². The first-order valence-electron chi connectivity index (χ1n) is 6.69. The van der Waals surface area contributed by atoms with Crippen LogP contribution in [0.5, 0.6) is 0 Å². The molecule has 0 bridgehead atoms. The molecule has 0 radical (unpaired) electrons. The summed E-state index contributed by atoms with van der Waals surface area (Å²) in [4.78, 5) is 0. The minimum atomic E-state index is -0.177. The Bertz CT molecular complexity index is 411. The lowest BCUT2D eigenvalue weighted by atomic mass is 9.68. The van der Waals surface area contributed by atoms with E-state index in [1.807, 2.05) is 6.07 Å². The van der Waals surface area contributed by atoms with E-state index in [0.29, 0.717) is 11.0 Å². The maximum Gasteiger partial charge on any atom is 0.137 e. The smallest absolute Gasteiger partial charge is 0.137 e. The summed E-state index contributed by atoms with van der Waals surface area (Å²) >= 11 is 3.36. The molecule has 1 nitrogen and oxygen atoms in total. The first-order chi connectivity index (χ1) is 8.56. The van der Waals surface area contributed by atoms with Crippen LogP contribution in [0, 0.1) is 17.2 Å². The average molecular weight is 314 g/mol. The van der Waals surface area contributed by atoms with Crippen LogP contribution in [-0.4, -0.2) is 6.54 Å². The first kappa shape index (κ1) is 14.0. The second kappa shape index (κ2) is 5.70. The van der Waals surface area contributed by atoms with Crippen molar-refractivity contribution in [2.45, 2.75) is 39.0 Å². The SMILES string of the molecule is CC1CCC(CN)(Cc2cccc(F)c2Br)CC1. The lowest BCUT2D eigenvalue weighted by molar-refractivity contribution is 0.163. The van der Waals surface area contributed by atoms with Crippen LogP contribution in [0.2, 0.25) is 0 Å². The maximum atomic E-state index is 13.5. The molecular formula is C15H21BrFN.